The van der Waals surface area contributed by atoms with Crippen molar-refractivity contribution < 1.29 is 9.53 Å². The standard InChI is InChI=1S/C19H17ClN4O2/c1-24(14-6-4-3-5-7-14)18(25)15-10-11-21-19(22-15)23-16-12-13(20)8-9-17(16)26-2/h3-12H,1-2H3,(H,21,22,23). The van der Waals surface area contributed by atoms with Gasteiger partial charge in [-0.15, -0.1) is 0 Å². The number of halogens is 1. The van der Waals surface area contributed by atoms with Crippen LogP contribution in [-0.4, -0.2) is 30.0 Å². The van der Waals surface area contributed by atoms with Gasteiger partial charge >= 0.3 is 0 Å². The number of nitrogens with zero attached hydrogens (tertiary/aromatic N) is 3. The van der Waals surface area contributed by atoms with Gasteiger partial charge < -0.3 is 15.0 Å². The van der Waals surface area contributed by atoms with E-state index in [1.807, 2.05) is 30.3 Å². The summed E-state index contributed by atoms with van der Waals surface area (Å²) in [7, 11) is 3.26. The number of aromatic nitrogens is 2. The summed E-state index contributed by atoms with van der Waals surface area (Å²) in [6.45, 7) is 0. The van der Waals surface area contributed by atoms with E-state index in [2.05, 4.69) is 15.3 Å². The largest absolute Gasteiger partial charge is 0.495 e. The molecule has 0 saturated carbocycles. The van der Waals surface area contributed by atoms with Crippen LogP contribution < -0.4 is 15.0 Å². The second-order valence-corrected chi connectivity index (χ2v) is 5.87. The van der Waals surface area contributed by atoms with Gasteiger partial charge in [-0.05, 0) is 36.4 Å². The Hall–Kier alpha value is -3.12. The fraction of sp³-hybridized carbons (Fsp3) is 0.105. The maximum Gasteiger partial charge on any atom is 0.276 e. The van der Waals surface area contributed by atoms with E-state index in [-0.39, 0.29) is 17.5 Å². The molecule has 7 heteroatoms. The first kappa shape index (κ1) is 17.7. The lowest BCUT2D eigenvalue weighted by Gasteiger charge is -2.17. The van der Waals surface area contributed by atoms with Gasteiger partial charge in [0.15, 0.2) is 0 Å². The SMILES string of the molecule is COc1ccc(Cl)cc1Nc1nccc(C(=O)N(C)c2ccccc2)n1. The van der Waals surface area contributed by atoms with E-state index in [0.717, 1.165) is 5.69 Å². The number of nitrogens with one attached hydrogen (secondary N) is 1. The zero-order chi connectivity index (χ0) is 18.5. The number of benzene rings is 2. The van der Waals surface area contributed by atoms with Gasteiger partial charge in [0.25, 0.3) is 5.91 Å². The Kier molecular flexibility index (Phi) is 5.34. The average Bonchev–Trinajstić information content (AvgIpc) is 2.68. The summed E-state index contributed by atoms with van der Waals surface area (Å²) >= 11 is 6.03. The van der Waals surface area contributed by atoms with Gasteiger partial charge in [-0.3, -0.25) is 4.79 Å². The Balaban J connectivity index is 1.85. The molecule has 0 unspecified atom stereocenters. The Bertz CT molecular complexity index is 918. The summed E-state index contributed by atoms with van der Waals surface area (Å²) in [5.41, 5.74) is 1.66. The number of hydrogen-bond acceptors (Lipinski definition) is 5. The summed E-state index contributed by atoms with van der Waals surface area (Å²) < 4.78 is 5.29. The molecule has 3 aromatic rings. The highest BCUT2D eigenvalue weighted by atomic mass is 35.5. The van der Waals surface area contributed by atoms with E-state index in [0.29, 0.717) is 16.5 Å². The van der Waals surface area contributed by atoms with Crippen LogP contribution in [0.15, 0.2) is 60.8 Å². The number of carbonyl (C=O) groups excluding carboxylic acids is 1. The van der Waals surface area contributed by atoms with Gasteiger partial charge in [-0.2, -0.15) is 0 Å². The number of amides is 1. The Morgan fingerprint density at radius 2 is 1.92 bits per heavy atom. The number of methoxy groups -OCH3 is 1. The predicted molar refractivity (Wildman–Crippen MR) is 102 cm³/mol. The summed E-state index contributed by atoms with van der Waals surface area (Å²) in [6, 6.07) is 16.1. The zero-order valence-electron chi connectivity index (χ0n) is 14.3. The average molecular weight is 369 g/mol. The van der Waals surface area contributed by atoms with Crippen molar-refractivity contribution in [3.8, 4) is 5.75 Å². The molecule has 0 saturated heterocycles. The van der Waals surface area contributed by atoms with Crippen LogP contribution in [0.4, 0.5) is 17.3 Å². The fourth-order valence-electron chi connectivity index (χ4n) is 2.38. The van der Waals surface area contributed by atoms with Gasteiger partial charge in [0.1, 0.15) is 11.4 Å². The van der Waals surface area contributed by atoms with Crippen LogP contribution in [-0.2, 0) is 0 Å². The van der Waals surface area contributed by atoms with Crippen molar-refractivity contribution in [3.63, 3.8) is 0 Å². The highest BCUT2D eigenvalue weighted by molar-refractivity contribution is 6.31. The third-order valence-corrected chi connectivity index (χ3v) is 3.97. The summed E-state index contributed by atoms with van der Waals surface area (Å²) in [6.07, 6.45) is 1.53. The molecule has 0 bridgehead atoms. The maximum atomic E-state index is 12.7. The molecule has 1 N–H and O–H groups in total. The van der Waals surface area contributed by atoms with Crippen LogP contribution in [0.1, 0.15) is 10.5 Å². The molecule has 132 valence electrons. The van der Waals surface area contributed by atoms with Crippen LogP contribution in [0.25, 0.3) is 0 Å². The van der Waals surface area contributed by atoms with Crippen LogP contribution in [0.5, 0.6) is 5.75 Å². The molecule has 0 aliphatic carbocycles. The van der Waals surface area contributed by atoms with Gasteiger partial charge in [-0.1, -0.05) is 29.8 Å². The lowest BCUT2D eigenvalue weighted by Crippen LogP contribution is -2.27. The number of rotatable bonds is 5. The number of hydrogen-bond donors (Lipinski definition) is 1. The van der Waals surface area contributed by atoms with E-state index in [4.69, 9.17) is 16.3 Å². The number of para-hydroxylation sites is 1. The van der Waals surface area contributed by atoms with Crippen molar-refractivity contribution >= 4 is 34.8 Å². The number of anilines is 3. The Morgan fingerprint density at radius 3 is 2.65 bits per heavy atom. The quantitative estimate of drug-likeness (QED) is 0.732. The number of ether oxygens (including phenoxy) is 1. The second kappa shape index (κ2) is 7.84. The van der Waals surface area contributed by atoms with Gasteiger partial charge in [0, 0.05) is 24.0 Å². The molecule has 1 heterocycles. The third kappa shape index (κ3) is 3.92. The van der Waals surface area contributed by atoms with Crippen molar-refractivity contribution in [2.75, 3.05) is 24.4 Å². The first-order chi connectivity index (χ1) is 12.6. The van der Waals surface area contributed by atoms with E-state index < -0.39 is 0 Å². The van der Waals surface area contributed by atoms with Crippen molar-refractivity contribution in [2.24, 2.45) is 0 Å². The first-order valence-electron chi connectivity index (χ1n) is 7.85. The molecule has 0 spiro atoms. The third-order valence-electron chi connectivity index (χ3n) is 3.73. The molecule has 3 rings (SSSR count). The van der Waals surface area contributed by atoms with Gasteiger partial charge in [0.2, 0.25) is 5.95 Å². The molecule has 6 nitrogen and oxygen atoms in total. The van der Waals surface area contributed by atoms with E-state index in [9.17, 15) is 4.79 Å². The first-order valence-corrected chi connectivity index (χ1v) is 8.23. The monoisotopic (exact) mass is 368 g/mol. The van der Waals surface area contributed by atoms with Crippen LogP contribution in [0.3, 0.4) is 0 Å². The van der Waals surface area contributed by atoms with Crippen molar-refractivity contribution in [1.82, 2.24) is 9.97 Å². The minimum atomic E-state index is -0.236. The molecule has 0 fully saturated rings. The fourth-order valence-corrected chi connectivity index (χ4v) is 2.55. The van der Waals surface area contributed by atoms with E-state index in [1.165, 1.54) is 11.1 Å². The highest BCUT2D eigenvalue weighted by Gasteiger charge is 2.16. The van der Waals surface area contributed by atoms with Crippen LogP contribution in [0, 0.1) is 0 Å². The normalized spacial score (nSPS) is 10.3. The van der Waals surface area contributed by atoms with Crippen molar-refractivity contribution in [3.05, 3.63) is 71.5 Å². The Morgan fingerprint density at radius 1 is 1.15 bits per heavy atom. The second-order valence-electron chi connectivity index (χ2n) is 5.43. The maximum absolute atomic E-state index is 12.7. The predicted octanol–water partition coefficient (Wildman–Crippen LogP) is 4.16. The number of carbonyl (C=O) groups is 1. The van der Waals surface area contributed by atoms with Crippen LogP contribution in [0.2, 0.25) is 5.02 Å². The Labute approximate surface area is 156 Å². The zero-order valence-corrected chi connectivity index (χ0v) is 15.1. The molecule has 2 aromatic carbocycles. The lowest BCUT2D eigenvalue weighted by molar-refractivity contribution is 0.0988. The molecule has 26 heavy (non-hydrogen) atoms. The minimum absolute atomic E-state index is 0.236. The van der Waals surface area contributed by atoms with Gasteiger partial charge in [-0.25, -0.2) is 9.97 Å². The molecule has 0 radical (unpaired) electrons. The molecule has 1 aromatic heterocycles. The smallest absolute Gasteiger partial charge is 0.276 e. The molecule has 0 atom stereocenters. The van der Waals surface area contributed by atoms with Crippen LogP contribution >= 0.6 is 11.6 Å². The molecular weight excluding hydrogens is 352 g/mol. The summed E-state index contributed by atoms with van der Waals surface area (Å²) in [5, 5.41) is 3.58. The summed E-state index contributed by atoms with van der Waals surface area (Å²) in [4.78, 5) is 22.7. The van der Waals surface area contributed by atoms with Crippen molar-refractivity contribution in [2.45, 2.75) is 0 Å². The molecule has 0 aliphatic heterocycles. The van der Waals surface area contributed by atoms with E-state index in [1.54, 1.807) is 38.4 Å². The molecular formula is C19H17ClN4O2. The molecule has 0 aliphatic rings. The topological polar surface area (TPSA) is 67.3 Å². The minimum Gasteiger partial charge on any atom is -0.495 e. The highest BCUT2D eigenvalue weighted by Crippen LogP contribution is 2.29. The molecule has 1 amide bonds. The van der Waals surface area contributed by atoms with Gasteiger partial charge in [0.05, 0.1) is 12.8 Å². The summed E-state index contributed by atoms with van der Waals surface area (Å²) in [5.74, 6) is 0.633. The van der Waals surface area contributed by atoms with Crippen molar-refractivity contribution in [1.29, 1.82) is 0 Å². The lowest BCUT2D eigenvalue weighted by atomic mass is 10.2. The van der Waals surface area contributed by atoms with E-state index >= 15 is 0 Å².